The summed E-state index contributed by atoms with van der Waals surface area (Å²) in [6.07, 6.45) is 15.8. The lowest BCUT2D eigenvalue weighted by Gasteiger charge is -2.55. The Bertz CT molecular complexity index is 709. The highest BCUT2D eigenvalue weighted by Crippen LogP contribution is 2.72. The van der Waals surface area contributed by atoms with Gasteiger partial charge in [0.05, 0.1) is 17.9 Å². The highest BCUT2D eigenvalue weighted by atomic mass is 16.5. The van der Waals surface area contributed by atoms with Gasteiger partial charge in [-0.25, -0.2) is 0 Å². The Balaban J connectivity index is 1.37. The summed E-state index contributed by atoms with van der Waals surface area (Å²) in [4.78, 5) is 0. The quantitative estimate of drug-likeness (QED) is 0.399. The molecule has 0 aromatic rings. The zero-order valence-electron chi connectivity index (χ0n) is 15.2. The summed E-state index contributed by atoms with van der Waals surface area (Å²) in [5.41, 5.74) is 2.97. The molecule has 6 aliphatic rings. The van der Waals surface area contributed by atoms with Crippen molar-refractivity contribution in [1.82, 2.24) is 0 Å². The highest BCUT2D eigenvalue weighted by Gasteiger charge is 2.68. The highest BCUT2D eigenvalue weighted by molar-refractivity contribution is 5.96. The van der Waals surface area contributed by atoms with Crippen LogP contribution in [-0.4, -0.2) is 23.1 Å². The van der Waals surface area contributed by atoms with Crippen LogP contribution in [0.2, 0.25) is 0 Å². The number of hydrogen-bond acceptors (Lipinski definition) is 3. The Kier molecular flexibility index (Phi) is 2.88. The predicted octanol–water partition coefficient (Wildman–Crippen LogP) is 4.57. The van der Waals surface area contributed by atoms with Crippen molar-refractivity contribution in [1.29, 1.82) is 0 Å². The molecule has 1 aliphatic heterocycles. The summed E-state index contributed by atoms with van der Waals surface area (Å²) < 4.78 is 6.37. The maximum absolute atomic E-state index is 9.21. The topological polar surface area (TPSA) is 41.8 Å². The second-order valence-electron chi connectivity index (χ2n) is 9.83. The number of nitrogens with zero attached hydrogens (tertiary/aromatic N) is 1. The predicted molar refractivity (Wildman–Crippen MR) is 96.5 cm³/mol. The van der Waals surface area contributed by atoms with Crippen molar-refractivity contribution in [2.75, 3.05) is 6.61 Å². The lowest BCUT2D eigenvalue weighted by Crippen LogP contribution is -2.52. The first-order valence-corrected chi connectivity index (χ1v) is 10.4. The van der Waals surface area contributed by atoms with E-state index in [0.717, 1.165) is 54.2 Å². The number of oxime groups is 1. The van der Waals surface area contributed by atoms with Crippen molar-refractivity contribution < 1.29 is 9.94 Å². The standard InChI is InChI=1S/C22H29NO2/c1-21-8-5-15-14-4-3-13(23-24)11-16(14)17-12-18(17)20(15)19(21)6-9-22(21)7-2-10-25-22/h2,7,11,14-15,17-20,24H,3-6,8-10,12H2,1H3/b23-13+/t14-,15?,17-,18-,19?,20?,21+,22+/m1/s1. The fraction of sp³-hybridized carbons (Fsp3) is 0.773. The van der Waals surface area contributed by atoms with Gasteiger partial charge in [-0.1, -0.05) is 29.8 Å². The van der Waals surface area contributed by atoms with Crippen LogP contribution in [0.1, 0.15) is 51.9 Å². The molecule has 8 atom stereocenters. The zero-order chi connectivity index (χ0) is 16.8. The second-order valence-corrected chi connectivity index (χ2v) is 9.83. The maximum Gasteiger partial charge on any atom is 0.0923 e. The normalized spacial score (nSPS) is 57.0. The van der Waals surface area contributed by atoms with Gasteiger partial charge >= 0.3 is 0 Å². The van der Waals surface area contributed by atoms with E-state index >= 15 is 0 Å². The molecule has 4 fully saturated rings. The van der Waals surface area contributed by atoms with Gasteiger partial charge in [-0.2, -0.15) is 0 Å². The lowest BCUT2D eigenvalue weighted by molar-refractivity contribution is -0.113. The molecule has 1 spiro atoms. The van der Waals surface area contributed by atoms with Crippen molar-refractivity contribution in [2.45, 2.75) is 57.5 Å². The van der Waals surface area contributed by atoms with E-state index in [1.165, 1.54) is 38.5 Å². The van der Waals surface area contributed by atoms with Gasteiger partial charge in [-0.3, -0.25) is 0 Å². The third-order valence-corrected chi connectivity index (χ3v) is 9.27. The van der Waals surface area contributed by atoms with Gasteiger partial charge in [0.25, 0.3) is 0 Å². The molecule has 4 saturated carbocycles. The number of rotatable bonds is 0. The largest absolute Gasteiger partial charge is 0.411 e. The van der Waals surface area contributed by atoms with Crippen molar-refractivity contribution in [3.8, 4) is 0 Å². The molecular formula is C22H29NO2. The molecule has 6 rings (SSSR count). The van der Waals surface area contributed by atoms with E-state index in [-0.39, 0.29) is 5.60 Å². The van der Waals surface area contributed by atoms with E-state index in [9.17, 15) is 5.21 Å². The summed E-state index contributed by atoms with van der Waals surface area (Å²) >= 11 is 0. The molecule has 0 radical (unpaired) electrons. The number of ether oxygens (including phenoxy) is 1. The Morgan fingerprint density at radius 2 is 2.08 bits per heavy atom. The molecule has 25 heavy (non-hydrogen) atoms. The number of fused-ring (bicyclic) bond motifs is 9. The fourth-order valence-corrected chi connectivity index (χ4v) is 8.13. The van der Waals surface area contributed by atoms with Crippen LogP contribution in [0, 0.1) is 40.9 Å². The maximum atomic E-state index is 9.21. The van der Waals surface area contributed by atoms with E-state index in [4.69, 9.17) is 4.74 Å². The molecular weight excluding hydrogens is 310 g/mol. The molecule has 0 saturated heterocycles. The van der Waals surface area contributed by atoms with Crippen LogP contribution in [0.5, 0.6) is 0 Å². The van der Waals surface area contributed by atoms with Gasteiger partial charge in [0, 0.05) is 5.41 Å². The molecule has 3 heteroatoms. The van der Waals surface area contributed by atoms with Crippen LogP contribution in [0.4, 0.5) is 0 Å². The second kappa shape index (κ2) is 4.79. The van der Waals surface area contributed by atoms with Crippen LogP contribution < -0.4 is 0 Å². The molecule has 5 aliphatic carbocycles. The van der Waals surface area contributed by atoms with Gasteiger partial charge in [0.2, 0.25) is 0 Å². The summed E-state index contributed by atoms with van der Waals surface area (Å²) in [6, 6.07) is 0. The van der Waals surface area contributed by atoms with Gasteiger partial charge in [0.15, 0.2) is 0 Å². The third-order valence-electron chi connectivity index (χ3n) is 9.27. The molecule has 0 amide bonds. The van der Waals surface area contributed by atoms with Crippen LogP contribution in [-0.2, 0) is 4.74 Å². The molecule has 0 aromatic carbocycles. The number of allylic oxidation sites excluding steroid dienone is 2. The van der Waals surface area contributed by atoms with Gasteiger partial charge in [0.1, 0.15) is 0 Å². The average molecular weight is 339 g/mol. The van der Waals surface area contributed by atoms with Crippen LogP contribution in [0.25, 0.3) is 0 Å². The average Bonchev–Trinajstić information content (AvgIpc) is 3.20. The summed E-state index contributed by atoms with van der Waals surface area (Å²) in [6.45, 7) is 3.37. The van der Waals surface area contributed by atoms with Gasteiger partial charge < -0.3 is 9.94 Å². The first-order chi connectivity index (χ1) is 12.2. The Labute approximate surface area is 150 Å². The smallest absolute Gasteiger partial charge is 0.0923 e. The van der Waals surface area contributed by atoms with E-state index in [0.29, 0.717) is 5.41 Å². The van der Waals surface area contributed by atoms with Crippen molar-refractivity contribution in [2.24, 2.45) is 46.1 Å². The number of hydrogen-bond donors (Lipinski definition) is 1. The van der Waals surface area contributed by atoms with Gasteiger partial charge in [-0.05, 0) is 86.5 Å². The van der Waals surface area contributed by atoms with E-state index < -0.39 is 0 Å². The molecule has 0 aromatic heterocycles. The molecule has 1 heterocycles. The van der Waals surface area contributed by atoms with E-state index in [2.05, 4.69) is 30.3 Å². The fourth-order valence-electron chi connectivity index (χ4n) is 8.13. The van der Waals surface area contributed by atoms with Gasteiger partial charge in [-0.15, -0.1) is 0 Å². The molecule has 0 bridgehead atoms. The van der Waals surface area contributed by atoms with E-state index in [1.54, 1.807) is 5.57 Å². The first kappa shape index (κ1) is 15.0. The molecule has 1 N–H and O–H groups in total. The Morgan fingerprint density at radius 1 is 1.16 bits per heavy atom. The summed E-state index contributed by atoms with van der Waals surface area (Å²) in [7, 11) is 0. The van der Waals surface area contributed by atoms with Crippen molar-refractivity contribution in [3.05, 3.63) is 23.8 Å². The summed E-state index contributed by atoms with van der Waals surface area (Å²) in [5, 5.41) is 12.7. The zero-order valence-corrected chi connectivity index (χ0v) is 15.2. The first-order valence-electron chi connectivity index (χ1n) is 10.4. The van der Waals surface area contributed by atoms with Crippen LogP contribution in [0.15, 0.2) is 29.0 Å². The van der Waals surface area contributed by atoms with Crippen LogP contribution >= 0.6 is 0 Å². The summed E-state index contributed by atoms with van der Waals surface area (Å²) in [5.74, 6) is 5.08. The minimum atomic E-state index is 0.0480. The van der Waals surface area contributed by atoms with Crippen LogP contribution in [0.3, 0.4) is 0 Å². The Hall–Kier alpha value is -1.09. The van der Waals surface area contributed by atoms with E-state index in [1.807, 2.05) is 0 Å². The lowest BCUT2D eigenvalue weighted by atomic mass is 9.50. The Morgan fingerprint density at radius 3 is 2.88 bits per heavy atom. The molecule has 3 nitrogen and oxygen atoms in total. The van der Waals surface area contributed by atoms with Crippen molar-refractivity contribution >= 4 is 5.71 Å². The molecule has 134 valence electrons. The minimum Gasteiger partial charge on any atom is -0.411 e. The molecule has 3 unspecified atom stereocenters. The third kappa shape index (κ3) is 1.74. The monoisotopic (exact) mass is 339 g/mol. The SMILES string of the molecule is C[C@]12CCC3C(C1CC[C@@]21C=CCO1)[C@@H]1C[C@@H]1C1=C/C(=N/O)CC[C@@H]13. The minimum absolute atomic E-state index is 0.0480. The van der Waals surface area contributed by atoms with Crippen molar-refractivity contribution in [3.63, 3.8) is 0 Å².